The zero-order valence-corrected chi connectivity index (χ0v) is 31.5. The molecule has 0 rings (SSSR count). The van der Waals surface area contributed by atoms with Gasteiger partial charge in [-0.05, 0) is 44.9 Å². The standard InChI is InChI=1S/C40H75NO5S/c1-3-5-7-9-11-13-15-17-19-20-22-23-25-27-29-31-33-35-39(42)38(37-47(44,45)46)41-40(43)36-34-32-30-28-26-24-21-18-16-14-12-10-8-6-4-2/h6,8,12,14,18,21,38-39,42H,3-5,7,9-11,13,15-17,19-20,22-37H2,1-2H3,(H,41,43)(H,44,45,46)/b8-6-,14-12-,21-18-. The van der Waals surface area contributed by atoms with Gasteiger partial charge in [0.25, 0.3) is 10.1 Å². The van der Waals surface area contributed by atoms with Gasteiger partial charge in [-0.25, -0.2) is 0 Å². The second-order valence-corrected chi connectivity index (χ2v) is 15.0. The number of nitrogens with one attached hydrogen (secondary N) is 1. The Balaban J connectivity index is 3.91. The van der Waals surface area contributed by atoms with Gasteiger partial charge in [0.05, 0.1) is 17.9 Å². The topological polar surface area (TPSA) is 104 Å². The van der Waals surface area contributed by atoms with Crippen molar-refractivity contribution in [2.75, 3.05) is 5.75 Å². The lowest BCUT2D eigenvalue weighted by molar-refractivity contribution is -0.122. The molecule has 0 aliphatic carbocycles. The van der Waals surface area contributed by atoms with Gasteiger partial charge >= 0.3 is 0 Å². The van der Waals surface area contributed by atoms with E-state index in [4.69, 9.17) is 0 Å². The molecule has 47 heavy (non-hydrogen) atoms. The first-order valence-corrected chi connectivity index (χ1v) is 21.3. The SMILES string of the molecule is CC/C=C\C/C=C\C/C=C\CCCCCCCC(=O)NC(CS(=O)(=O)O)C(O)CCCCCCCCCCCCCCCCCCC. The van der Waals surface area contributed by atoms with Gasteiger partial charge < -0.3 is 10.4 Å². The molecular formula is C40H75NO5S. The number of hydrogen-bond donors (Lipinski definition) is 3. The lowest BCUT2D eigenvalue weighted by Gasteiger charge is -2.23. The van der Waals surface area contributed by atoms with E-state index in [1.54, 1.807) is 0 Å². The molecule has 0 aliphatic heterocycles. The van der Waals surface area contributed by atoms with Gasteiger partial charge in [-0.1, -0.05) is 179 Å². The minimum absolute atomic E-state index is 0.263. The summed E-state index contributed by atoms with van der Waals surface area (Å²) in [4.78, 5) is 12.5. The molecule has 0 heterocycles. The molecule has 0 fully saturated rings. The molecule has 0 aliphatic rings. The molecule has 2 unspecified atom stereocenters. The second kappa shape index (κ2) is 34.4. The Morgan fingerprint density at radius 2 is 1.02 bits per heavy atom. The molecule has 1 amide bonds. The Kier molecular flexibility index (Phi) is 33.4. The Bertz CT molecular complexity index is 883. The predicted molar refractivity (Wildman–Crippen MR) is 202 cm³/mol. The van der Waals surface area contributed by atoms with E-state index < -0.39 is 28.0 Å². The van der Waals surface area contributed by atoms with E-state index in [1.165, 1.54) is 89.9 Å². The molecule has 7 heteroatoms. The van der Waals surface area contributed by atoms with Gasteiger partial charge in [0.15, 0.2) is 0 Å². The van der Waals surface area contributed by atoms with Crippen molar-refractivity contribution >= 4 is 16.0 Å². The third kappa shape index (κ3) is 35.7. The van der Waals surface area contributed by atoms with Crippen LogP contribution in [-0.2, 0) is 14.9 Å². The molecule has 6 nitrogen and oxygen atoms in total. The number of carbonyl (C=O) groups excluding carboxylic acids is 1. The number of rotatable bonds is 35. The number of aliphatic hydroxyl groups is 1. The van der Waals surface area contributed by atoms with Gasteiger partial charge in [-0.15, -0.1) is 0 Å². The first kappa shape index (κ1) is 45.6. The van der Waals surface area contributed by atoms with Crippen molar-refractivity contribution in [3.63, 3.8) is 0 Å². The number of hydrogen-bond acceptors (Lipinski definition) is 4. The number of aliphatic hydroxyl groups excluding tert-OH is 1. The maximum atomic E-state index is 12.5. The van der Waals surface area contributed by atoms with Gasteiger partial charge in [0, 0.05) is 6.42 Å². The summed E-state index contributed by atoms with van der Waals surface area (Å²) in [5.41, 5.74) is 0. The molecule has 276 valence electrons. The third-order valence-corrected chi connectivity index (χ3v) is 9.64. The van der Waals surface area contributed by atoms with Crippen molar-refractivity contribution in [2.24, 2.45) is 0 Å². The Morgan fingerprint density at radius 1 is 0.596 bits per heavy atom. The molecule has 3 N–H and O–H groups in total. The fourth-order valence-electron chi connectivity index (χ4n) is 5.94. The number of amides is 1. The summed E-state index contributed by atoms with van der Waals surface area (Å²) in [6.07, 6.45) is 43.7. The normalized spacial score (nSPS) is 13.7. The molecule has 0 bridgehead atoms. The van der Waals surface area contributed by atoms with Crippen molar-refractivity contribution in [3.8, 4) is 0 Å². The van der Waals surface area contributed by atoms with Crippen molar-refractivity contribution in [2.45, 2.75) is 206 Å². The van der Waals surface area contributed by atoms with Gasteiger partial charge in [0.1, 0.15) is 0 Å². The molecule has 0 aromatic rings. The van der Waals surface area contributed by atoms with Crippen LogP contribution in [0.25, 0.3) is 0 Å². The summed E-state index contributed by atoms with van der Waals surface area (Å²) in [5.74, 6) is -0.917. The van der Waals surface area contributed by atoms with Crippen LogP contribution in [-0.4, -0.2) is 41.9 Å². The van der Waals surface area contributed by atoms with Crippen LogP contribution in [0.1, 0.15) is 194 Å². The summed E-state index contributed by atoms with van der Waals surface area (Å²) in [7, 11) is -4.31. The average Bonchev–Trinajstić information content (AvgIpc) is 3.03. The minimum Gasteiger partial charge on any atom is -0.391 e. The van der Waals surface area contributed by atoms with Crippen molar-refractivity contribution < 1.29 is 22.9 Å². The summed E-state index contributed by atoms with van der Waals surface area (Å²) in [5, 5.41) is 13.3. The highest BCUT2D eigenvalue weighted by atomic mass is 32.2. The maximum absolute atomic E-state index is 12.5. The summed E-state index contributed by atoms with van der Waals surface area (Å²) < 4.78 is 32.5. The van der Waals surface area contributed by atoms with E-state index in [9.17, 15) is 22.9 Å². The highest BCUT2D eigenvalue weighted by Crippen LogP contribution is 2.16. The fourth-order valence-corrected chi connectivity index (χ4v) is 6.70. The number of carbonyl (C=O) groups is 1. The van der Waals surface area contributed by atoms with Crippen LogP contribution in [0.2, 0.25) is 0 Å². The molecule has 0 radical (unpaired) electrons. The van der Waals surface area contributed by atoms with Crippen LogP contribution in [0.5, 0.6) is 0 Å². The van der Waals surface area contributed by atoms with E-state index >= 15 is 0 Å². The first-order chi connectivity index (χ1) is 22.8. The zero-order chi connectivity index (χ0) is 34.7. The highest BCUT2D eigenvalue weighted by Gasteiger charge is 2.26. The zero-order valence-electron chi connectivity index (χ0n) is 30.7. The summed E-state index contributed by atoms with van der Waals surface area (Å²) in [6, 6.07) is -0.979. The van der Waals surface area contributed by atoms with Crippen molar-refractivity contribution in [1.82, 2.24) is 5.32 Å². The molecule has 2 atom stereocenters. The highest BCUT2D eigenvalue weighted by molar-refractivity contribution is 7.85. The average molecular weight is 682 g/mol. The molecule has 0 saturated heterocycles. The van der Waals surface area contributed by atoms with E-state index in [0.717, 1.165) is 77.0 Å². The Hall–Kier alpha value is -1.44. The van der Waals surface area contributed by atoms with Gasteiger partial charge in [-0.3, -0.25) is 9.35 Å². The van der Waals surface area contributed by atoms with E-state index in [0.29, 0.717) is 12.8 Å². The molecule has 0 aromatic carbocycles. The van der Waals surface area contributed by atoms with E-state index in [2.05, 4.69) is 55.6 Å². The van der Waals surface area contributed by atoms with Crippen LogP contribution in [0.15, 0.2) is 36.5 Å². The quantitative estimate of drug-likeness (QED) is 0.0351. The van der Waals surface area contributed by atoms with Crippen molar-refractivity contribution in [3.05, 3.63) is 36.5 Å². The first-order valence-electron chi connectivity index (χ1n) is 19.7. The summed E-state index contributed by atoms with van der Waals surface area (Å²) >= 11 is 0. The van der Waals surface area contributed by atoms with Crippen LogP contribution in [0.4, 0.5) is 0 Å². The molecule has 0 aromatic heterocycles. The predicted octanol–water partition coefficient (Wildman–Crippen LogP) is 11.4. The Labute approximate surface area is 291 Å². The third-order valence-electron chi connectivity index (χ3n) is 8.86. The van der Waals surface area contributed by atoms with Gasteiger partial charge in [0.2, 0.25) is 5.91 Å². The van der Waals surface area contributed by atoms with Crippen LogP contribution >= 0.6 is 0 Å². The lowest BCUT2D eigenvalue weighted by Crippen LogP contribution is -2.47. The minimum atomic E-state index is -4.31. The summed E-state index contributed by atoms with van der Waals surface area (Å²) in [6.45, 7) is 4.41. The van der Waals surface area contributed by atoms with Crippen LogP contribution in [0.3, 0.4) is 0 Å². The largest absolute Gasteiger partial charge is 0.391 e. The Morgan fingerprint density at radius 3 is 1.51 bits per heavy atom. The molecule has 0 saturated carbocycles. The second-order valence-electron chi connectivity index (χ2n) is 13.5. The number of unbranched alkanes of at least 4 members (excludes halogenated alkanes) is 21. The molecule has 0 spiro atoms. The number of allylic oxidation sites excluding steroid dienone is 6. The fraction of sp³-hybridized carbons (Fsp3) is 0.825. The van der Waals surface area contributed by atoms with E-state index in [-0.39, 0.29) is 5.91 Å². The monoisotopic (exact) mass is 682 g/mol. The lowest BCUT2D eigenvalue weighted by atomic mass is 10.0. The van der Waals surface area contributed by atoms with E-state index in [1.807, 2.05) is 0 Å². The van der Waals surface area contributed by atoms with Gasteiger partial charge in [-0.2, -0.15) is 8.42 Å². The van der Waals surface area contributed by atoms with Crippen LogP contribution in [0, 0.1) is 0 Å². The molecular weight excluding hydrogens is 607 g/mol. The van der Waals surface area contributed by atoms with Crippen LogP contribution < -0.4 is 5.32 Å². The van der Waals surface area contributed by atoms with Crippen molar-refractivity contribution in [1.29, 1.82) is 0 Å². The maximum Gasteiger partial charge on any atom is 0.266 e. The smallest absolute Gasteiger partial charge is 0.266 e.